The highest BCUT2D eigenvalue weighted by atomic mass is 16.7. The van der Waals surface area contributed by atoms with Crippen LogP contribution in [0.5, 0.6) is 0 Å². The number of piperazine rings is 1. The van der Waals surface area contributed by atoms with Gasteiger partial charge in [0.05, 0.1) is 6.61 Å². The lowest BCUT2D eigenvalue weighted by atomic mass is 10.2. The van der Waals surface area contributed by atoms with Gasteiger partial charge in [-0.25, -0.2) is 15.0 Å². The molecule has 22 heavy (non-hydrogen) atoms. The third kappa shape index (κ3) is 3.89. The summed E-state index contributed by atoms with van der Waals surface area (Å²) in [5.74, 6) is 0.883. The van der Waals surface area contributed by atoms with Crippen molar-refractivity contribution in [3.05, 3.63) is 12.7 Å². The Kier molecular flexibility index (Phi) is 5.12. The van der Waals surface area contributed by atoms with Crippen LogP contribution >= 0.6 is 0 Å². The quantitative estimate of drug-likeness (QED) is 0.771. The fourth-order valence-corrected chi connectivity index (χ4v) is 2.76. The first-order valence-electron chi connectivity index (χ1n) is 7.85. The molecule has 2 aliphatic heterocycles. The molecule has 0 spiro atoms. The molecule has 0 aromatic carbocycles. The molecule has 2 saturated heterocycles. The van der Waals surface area contributed by atoms with E-state index < -0.39 is 0 Å². The summed E-state index contributed by atoms with van der Waals surface area (Å²) >= 11 is 0. The van der Waals surface area contributed by atoms with Crippen molar-refractivity contribution in [2.24, 2.45) is 0 Å². The zero-order valence-corrected chi connectivity index (χ0v) is 12.7. The Hall–Kier alpha value is -1.80. The van der Waals surface area contributed by atoms with E-state index in [4.69, 9.17) is 4.84 Å². The lowest BCUT2D eigenvalue weighted by Gasteiger charge is -2.35. The van der Waals surface area contributed by atoms with Crippen molar-refractivity contribution in [1.29, 1.82) is 0 Å². The maximum absolute atomic E-state index is 12.3. The number of hydroxylamine groups is 2. The molecule has 2 fully saturated rings. The summed E-state index contributed by atoms with van der Waals surface area (Å²) in [5, 5.41) is 1.92. The topological polar surface area (TPSA) is 74.7 Å². The van der Waals surface area contributed by atoms with Gasteiger partial charge in [0, 0.05) is 45.7 Å². The van der Waals surface area contributed by atoms with Crippen LogP contribution in [0.15, 0.2) is 12.7 Å². The van der Waals surface area contributed by atoms with Gasteiger partial charge in [0.1, 0.15) is 12.7 Å². The summed E-state index contributed by atoms with van der Waals surface area (Å²) in [6.45, 7) is 5.34. The van der Waals surface area contributed by atoms with E-state index >= 15 is 0 Å². The molecule has 8 nitrogen and oxygen atoms in total. The van der Waals surface area contributed by atoms with Crippen LogP contribution < -0.4 is 4.90 Å². The summed E-state index contributed by atoms with van der Waals surface area (Å²) in [5.41, 5.74) is 0. The first-order chi connectivity index (χ1) is 10.8. The van der Waals surface area contributed by atoms with Gasteiger partial charge < -0.3 is 9.80 Å². The number of carbonyl (C=O) groups is 1. The third-order valence-corrected chi connectivity index (χ3v) is 4.05. The normalized spacial score (nSPS) is 20.2. The van der Waals surface area contributed by atoms with Gasteiger partial charge in [0.2, 0.25) is 11.9 Å². The van der Waals surface area contributed by atoms with Crippen molar-refractivity contribution in [2.45, 2.75) is 19.3 Å². The summed E-state index contributed by atoms with van der Waals surface area (Å²) < 4.78 is 0. The number of rotatable bonds is 4. The van der Waals surface area contributed by atoms with E-state index in [0.29, 0.717) is 32.0 Å². The number of hydrogen-bond donors (Lipinski definition) is 0. The van der Waals surface area contributed by atoms with Crippen molar-refractivity contribution >= 4 is 11.9 Å². The number of anilines is 1. The first kappa shape index (κ1) is 15.1. The second kappa shape index (κ2) is 7.46. The zero-order chi connectivity index (χ0) is 15.2. The van der Waals surface area contributed by atoms with Gasteiger partial charge in [0.15, 0.2) is 0 Å². The highest BCUT2D eigenvalue weighted by Crippen LogP contribution is 2.11. The average Bonchev–Trinajstić information content (AvgIpc) is 2.61. The molecular formula is C14H22N6O2. The Labute approximate surface area is 130 Å². The molecule has 0 atom stereocenters. The minimum Gasteiger partial charge on any atom is -0.339 e. The minimum absolute atomic E-state index is 0.199. The minimum atomic E-state index is 0.199. The lowest BCUT2D eigenvalue weighted by Crippen LogP contribution is -2.49. The van der Waals surface area contributed by atoms with Crippen LogP contribution in [0.1, 0.15) is 19.3 Å². The molecule has 0 bridgehead atoms. The molecule has 8 heteroatoms. The number of hydrogen-bond acceptors (Lipinski definition) is 7. The molecule has 1 amide bonds. The van der Waals surface area contributed by atoms with Crippen LogP contribution in [-0.2, 0) is 9.63 Å². The van der Waals surface area contributed by atoms with Gasteiger partial charge in [-0.15, -0.1) is 0 Å². The van der Waals surface area contributed by atoms with E-state index in [9.17, 15) is 4.79 Å². The van der Waals surface area contributed by atoms with Crippen LogP contribution in [-0.4, -0.2) is 76.7 Å². The average molecular weight is 306 g/mol. The van der Waals surface area contributed by atoms with E-state index in [0.717, 1.165) is 39.1 Å². The Morgan fingerprint density at radius 1 is 1.09 bits per heavy atom. The Bertz CT molecular complexity index is 471. The van der Waals surface area contributed by atoms with Gasteiger partial charge in [0.25, 0.3) is 0 Å². The van der Waals surface area contributed by atoms with E-state index in [1.807, 2.05) is 9.96 Å². The van der Waals surface area contributed by atoms with Crippen molar-refractivity contribution in [3.8, 4) is 0 Å². The molecule has 0 saturated carbocycles. The summed E-state index contributed by atoms with van der Waals surface area (Å²) in [4.78, 5) is 33.9. The van der Waals surface area contributed by atoms with Crippen molar-refractivity contribution < 1.29 is 9.63 Å². The molecule has 3 heterocycles. The number of amides is 1. The lowest BCUT2D eigenvalue weighted by molar-refractivity contribution is -0.182. The zero-order valence-electron chi connectivity index (χ0n) is 12.7. The molecular weight excluding hydrogens is 284 g/mol. The number of carbonyl (C=O) groups excluding carboxylic acids is 1. The van der Waals surface area contributed by atoms with Gasteiger partial charge in [-0.05, 0) is 12.8 Å². The molecule has 0 N–H and O–H groups in total. The van der Waals surface area contributed by atoms with E-state index in [-0.39, 0.29) is 5.91 Å². The van der Waals surface area contributed by atoms with Crippen molar-refractivity contribution in [1.82, 2.24) is 24.9 Å². The predicted octanol–water partition coefficient (Wildman–Crippen LogP) is -0.0623. The molecule has 0 aliphatic carbocycles. The second-order valence-corrected chi connectivity index (χ2v) is 5.53. The van der Waals surface area contributed by atoms with E-state index in [2.05, 4.69) is 19.9 Å². The highest BCUT2D eigenvalue weighted by molar-refractivity contribution is 5.76. The predicted molar refractivity (Wildman–Crippen MR) is 80.0 cm³/mol. The van der Waals surface area contributed by atoms with Crippen molar-refractivity contribution in [2.75, 3.05) is 50.8 Å². The smallest absolute Gasteiger partial charge is 0.228 e. The summed E-state index contributed by atoms with van der Waals surface area (Å²) in [6, 6.07) is 0. The molecule has 0 unspecified atom stereocenters. The Morgan fingerprint density at radius 2 is 1.86 bits per heavy atom. The molecule has 2 aliphatic rings. The van der Waals surface area contributed by atoms with E-state index in [1.165, 1.54) is 12.7 Å². The third-order valence-electron chi connectivity index (χ3n) is 4.05. The number of aromatic nitrogens is 3. The van der Waals surface area contributed by atoms with Gasteiger partial charge >= 0.3 is 0 Å². The maximum Gasteiger partial charge on any atom is 0.228 e. The van der Waals surface area contributed by atoms with Gasteiger partial charge in [-0.2, -0.15) is 5.06 Å². The highest BCUT2D eigenvalue weighted by Gasteiger charge is 2.23. The second-order valence-electron chi connectivity index (χ2n) is 5.53. The number of nitrogens with zero attached hydrogens (tertiary/aromatic N) is 6. The summed E-state index contributed by atoms with van der Waals surface area (Å²) in [7, 11) is 0. The molecule has 120 valence electrons. The Balaban J connectivity index is 1.41. The van der Waals surface area contributed by atoms with Crippen LogP contribution in [0.25, 0.3) is 0 Å². The fraction of sp³-hybridized carbons (Fsp3) is 0.714. The van der Waals surface area contributed by atoms with Crippen molar-refractivity contribution in [3.63, 3.8) is 0 Å². The summed E-state index contributed by atoms with van der Waals surface area (Å²) in [6.07, 6.45) is 5.78. The van der Waals surface area contributed by atoms with Crippen LogP contribution in [0, 0.1) is 0 Å². The van der Waals surface area contributed by atoms with Crippen LogP contribution in [0.3, 0.4) is 0 Å². The standard InChI is InChI=1S/C14H22N6O2/c21-13(3-5-20-4-1-2-10-22-20)18-6-8-19(9-7-18)14-16-11-15-12-17-14/h11-12H,1-10H2. The fourth-order valence-electron chi connectivity index (χ4n) is 2.76. The first-order valence-corrected chi connectivity index (χ1v) is 7.85. The molecule has 1 aromatic rings. The molecule has 1 aromatic heterocycles. The van der Waals surface area contributed by atoms with Gasteiger partial charge in [-0.1, -0.05) is 0 Å². The van der Waals surface area contributed by atoms with Crippen LogP contribution in [0.4, 0.5) is 5.95 Å². The van der Waals surface area contributed by atoms with E-state index in [1.54, 1.807) is 0 Å². The Morgan fingerprint density at radius 3 is 2.55 bits per heavy atom. The monoisotopic (exact) mass is 306 g/mol. The maximum atomic E-state index is 12.3. The molecule has 3 rings (SSSR count). The van der Waals surface area contributed by atoms with Gasteiger partial charge in [-0.3, -0.25) is 9.63 Å². The SMILES string of the molecule is O=C(CCN1CCCCO1)N1CCN(c2ncncn2)CC1. The largest absolute Gasteiger partial charge is 0.339 e. The van der Waals surface area contributed by atoms with Crippen LogP contribution in [0.2, 0.25) is 0 Å². The molecule has 0 radical (unpaired) electrons.